The molecule has 168 valence electrons. The smallest absolute Gasteiger partial charge is 0.303 e. The minimum atomic E-state index is -4.42. The summed E-state index contributed by atoms with van der Waals surface area (Å²) in [5, 5.41) is 0. The molecule has 0 aliphatic carbocycles. The Kier molecular flexibility index (Phi) is 6.42. The third kappa shape index (κ3) is 4.96. The van der Waals surface area contributed by atoms with Crippen LogP contribution in [0.1, 0.15) is 36.3 Å². The van der Waals surface area contributed by atoms with Crippen molar-refractivity contribution in [2.45, 2.75) is 36.3 Å². The Labute approximate surface area is 181 Å². The van der Waals surface area contributed by atoms with Crippen LogP contribution in [0.4, 0.5) is 13.2 Å². The highest BCUT2D eigenvalue weighted by Crippen LogP contribution is 2.39. The lowest BCUT2D eigenvalue weighted by atomic mass is 9.87. The van der Waals surface area contributed by atoms with E-state index in [1.807, 2.05) is 0 Å². The normalized spacial score (nSPS) is 23.8. The SMILES string of the molecule is O=S(=O)(c1ccccc1)N1C[C@@H](CN2CCCCC2)[C@H](c2cccc(C(F)(F)F)c2)C1. The number of piperidine rings is 1. The Hall–Kier alpha value is -1.90. The van der Waals surface area contributed by atoms with Gasteiger partial charge in [-0.3, -0.25) is 0 Å². The van der Waals surface area contributed by atoms with Gasteiger partial charge in [0.15, 0.2) is 0 Å². The van der Waals surface area contributed by atoms with Crippen LogP contribution in [0.15, 0.2) is 59.5 Å². The van der Waals surface area contributed by atoms with Gasteiger partial charge in [0.25, 0.3) is 0 Å². The Morgan fingerprint density at radius 2 is 1.61 bits per heavy atom. The van der Waals surface area contributed by atoms with Gasteiger partial charge in [0.1, 0.15) is 0 Å². The highest BCUT2D eigenvalue weighted by Gasteiger charge is 2.41. The molecule has 0 bridgehead atoms. The maximum Gasteiger partial charge on any atom is 0.416 e. The number of nitrogens with zero attached hydrogens (tertiary/aromatic N) is 2. The number of alkyl halides is 3. The van der Waals surface area contributed by atoms with E-state index in [0.717, 1.165) is 32.0 Å². The lowest BCUT2D eigenvalue weighted by molar-refractivity contribution is -0.137. The van der Waals surface area contributed by atoms with Gasteiger partial charge in [-0.25, -0.2) is 8.42 Å². The number of hydrogen-bond donors (Lipinski definition) is 0. The van der Waals surface area contributed by atoms with Crippen LogP contribution < -0.4 is 0 Å². The molecule has 2 aromatic rings. The molecule has 0 spiro atoms. The van der Waals surface area contributed by atoms with Crippen LogP contribution in [0.5, 0.6) is 0 Å². The summed E-state index contributed by atoms with van der Waals surface area (Å²) in [6.07, 6.45) is -1.03. The Bertz CT molecular complexity index is 989. The van der Waals surface area contributed by atoms with Crippen molar-refractivity contribution in [3.05, 3.63) is 65.7 Å². The average molecular weight is 453 g/mol. The highest BCUT2D eigenvalue weighted by atomic mass is 32.2. The van der Waals surface area contributed by atoms with E-state index < -0.39 is 21.8 Å². The molecule has 2 fully saturated rings. The number of halogens is 3. The van der Waals surface area contributed by atoms with E-state index in [0.29, 0.717) is 18.7 Å². The van der Waals surface area contributed by atoms with Crippen molar-refractivity contribution in [2.75, 3.05) is 32.7 Å². The van der Waals surface area contributed by atoms with E-state index in [9.17, 15) is 21.6 Å². The molecule has 8 heteroatoms. The number of likely N-dealkylation sites (tertiary alicyclic amines) is 1. The molecule has 2 atom stereocenters. The van der Waals surface area contributed by atoms with Crippen molar-refractivity contribution in [2.24, 2.45) is 5.92 Å². The van der Waals surface area contributed by atoms with E-state index >= 15 is 0 Å². The number of rotatable bonds is 5. The molecule has 0 N–H and O–H groups in total. The summed E-state index contributed by atoms with van der Waals surface area (Å²) in [6.45, 7) is 3.11. The molecule has 2 aliphatic heterocycles. The molecule has 0 radical (unpaired) electrons. The molecule has 2 aromatic carbocycles. The van der Waals surface area contributed by atoms with Crippen LogP contribution in [0.2, 0.25) is 0 Å². The second kappa shape index (κ2) is 8.92. The van der Waals surface area contributed by atoms with Crippen molar-refractivity contribution in [3.8, 4) is 0 Å². The fourth-order valence-electron chi connectivity index (χ4n) is 4.75. The van der Waals surface area contributed by atoms with Crippen LogP contribution in [-0.4, -0.2) is 50.3 Å². The molecule has 4 rings (SSSR count). The lowest BCUT2D eigenvalue weighted by Crippen LogP contribution is -2.36. The maximum absolute atomic E-state index is 13.3. The van der Waals surface area contributed by atoms with Gasteiger partial charge in [-0.15, -0.1) is 0 Å². The monoisotopic (exact) mass is 452 g/mol. The Balaban J connectivity index is 1.64. The van der Waals surface area contributed by atoms with E-state index in [1.54, 1.807) is 36.4 Å². The topological polar surface area (TPSA) is 40.6 Å². The van der Waals surface area contributed by atoms with E-state index in [4.69, 9.17) is 0 Å². The van der Waals surface area contributed by atoms with Gasteiger partial charge in [-0.1, -0.05) is 42.8 Å². The number of hydrogen-bond acceptors (Lipinski definition) is 3. The first-order valence-electron chi connectivity index (χ1n) is 10.7. The van der Waals surface area contributed by atoms with Gasteiger partial charge < -0.3 is 4.90 Å². The standard InChI is InChI=1S/C23H27F3N2O2S/c24-23(25,26)20-9-7-8-18(14-20)22-17-28(31(29,30)21-10-3-1-4-11-21)16-19(22)15-27-12-5-2-6-13-27/h1,3-4,7-11,14,19,22H,2,5-6,12-13,15-17H2/t19-,22+/m1/s1. The molecule has 0 aromatic heterocycles. The molecule has 0 amide bonds. The fourth-order valence-corrected chi connectivity index (χ4v) is 6.30. The first-order chi connectivity index (χ1) is 14.7. The summed E-state index contributed by atoms with van der Waals surface area (Å²) < 4.78 is 67.8. The second-order valence-corrected chi connectivity index (χ2v) is 10.4. The molecule has 2 heterocycles. The highest BCUT2D eigenvalue weighted by molar-refractivity contribution is 7.89. The fraction of sp³-hybridized carbons (Fsp3) is 0.478. The summed E-state index contributed by atoms with van der Waals surface area (Å²) in [5.41, 5.74) is -0.131. The lowest BCUT2D eigenvalue weighted by Gasteiger charge is -2.31. The zero-order valence-corrected chi connectivity index (χ0v) is 18.1. The maximum atomic E-state index is 13.3. The van der Waals surface area contributed by atoms with Crippen molar-refractivity contribution in [1.82, 2.24) is 9.21 Å². The molecule has 2 aliphatic rings. The van der Waals surface area contributed by atoms with E-state index in [2.05, 4.69) is 4.90 Å². The van der Waals surface area contributed by atoms with Gasteiger partial charge in [-0.05, 0) is 55.6 Å². The third-order valence-corrected chi connectivity index (χ3v) is 8.22. The summed E-state index contributed by atoms with van der Waals surface area (Å²) in [4.78, 5) is 2.55. The van der Waals surface area contributed by atoms with Crippen LogP contribution in [-0.2, 0) is 16.2 Å². The molecular weight excluding hydrogens is 425 g/mol. The molecule has 0 unspecified atom stereocenters. The van der Waals surface area contributed by atoms with Gasteiger partial charge in [0, 0.05) is 25.6 Å². The minimum absolute atomic E-state index is 0.0555. The largest absolute Gasteiger partial charge is 0.416 e. The van der Waals surface area contributed by atoms with Gasteiger partial charge >= 0.3 is 6.18 Å². The molecular formula is C23H27F3N2O2S. The first-order valence-corrected chi connectivity index (χ1v) is 12.1. The summed E-state index contributed by atoms with van der Waals surface area (Å²) in [5.74, 6) is -0.331. The van der Waals surface area contributed by atoms with Gasteiger partial charge in [-0.2, -0.15) is 17.5 Å². The number of benzene rings is 2. The quantitative estimate of drug-likeness (QED) is 0.666. The van der Waals surface area contributed by atoms with Crippen molar-refractivity contribution >= 4 is 10.0 Å². The van der Waals surface area contributed by atoms with Crippen molar-refractivity contribution in [1.29, 1.82) is 0 Å². The van der Waals surface area contributed by atoms with Crippen LogP contribution in [0.3, 0.4) is 0 Å². The summed E-state index contributed by atoms with van der Waals surface area (Å²) in [7, 11) is -3.70. The summed E-state index contributed by atoms with van der Waals surface area (Å²) in [6, 6.07) is 13.6. The van der Waals surface area contributed by atoms with E-state index in [1.165, 1.54) is 22.9 Å². The van der Waals surface area contributed by atoms with Gasteiger partial charge in [0.05, 0.1) is 10.5 Å². The predicted molar refractivity (Wildman–Crippen MR) is 113 cm³/mol. The van der Waals surface area contributed by atoms with Crippen LogP contribution in [0, 0.1) is 5.92 Å². The predicted octanol–water partition coefficient (Wildman–Crippen LogP) is 4.60. The third-order valence-electron chi connectivity index (χ3n) is 6.37. The Morgan fingerprint density at radius 3 is 2.29 bits per heavy atom. The molecule has 4 nitrogen and oxygen atoms in total. The molecule has 0 saturated carbocycles. The van der Waals surface area contributed by atoms with Crippen LogP contribution in [0.25, 0.3) is 0 Å². The Morgan fingerprint density at radius 1 is 0.903 bits per heavy atom. The average Bonchev–Trinajstić information content (AvgIpc) is 3.19. The zero-order chi connectivity index (χ0) is 22.1. The number of sulfonamides is 1. The van der Waals surface area contributed by atoms with E-state index in [-0.39, 0.29) is 23.3 Å². The van der Waals surface area contributed by atoms with Gasteiger partial charge in [0.2, 0.25) is 10.0 Å². The zero-order valence-electron chi connectivity index (χ0n) is 17.3. The van der Waals surface area contributed by atoms with Crippen LogP contribution >= 0.6 is 0 Å². The molecule has 31 heavy (non-hydrogen) atoms. The molecule has 2 saturated heterocycles. The summed E-state index contributed by atoms with van der Waals surface area (Å²) >= 11 is 0. The second-order valence-electron chi connectivity index (χ2n) is 8.49. The van der Waals surface area contributed by atoms with Crippen molar-refractivity contribution < 1.29 is 21.6 Å². The minimum Gasteiger partial charge on any atom is -0.303 e. The first kappa shape index (κ1) is 22.3. The van der Waals surface area contributed by atoms with Crippen molar-refractivity contribution in [3.63, 3.8) is 0 Å².